The van der Waals surface area contributed by atoms with Crippen molar-refractivity contribution in [2.75, 3.05) is 32.7 Å². The number of halogens is 1. The molecule has 6 nitrogen and oxygen atoms in total. The molecule has 1 aliphatic heterocycles. The van der Waals surface area contributed by atoms with Gasteiger partial charge in [-0.25, -0.2) is 12.8 Å². The third-order valence-electron chi connectivity index (χ3n) is 6.25. The number of sulfonamides is 1. The van der Waals surface area contributed by atoms with E-state index in [-0.39, 0.29) is 29.5 Å². The summed E-state index contributed by atoms with van der Waals surface area (Å²) in [6.45, 7) is 4.56. The molecule has 4 rings (SSSR count). The van der Waals surface area contributed by atoms with Gasteiger partial charge < -0.3 is 4.90 Å². The van der Waals surface area contributed by atoms with Crippen molar-refractivity contribution in [3.05, 3.63) is 101 Å². The fraction of sp³-hybridized carbons (Fsp3) is 0.296. The number of carbonyl (C=O) groups excluding carboxylic acids is 1. The second kappa shape index (κ2) is 11.1. The summed E-state index contributed by atoms with van der Waals surface area (Å²) < 4.78 is 42.4. The van der Waals surface area contributed by atoms with Gasteiger partial charge in [0.2, 0.25) is 15.9 Å². The van der Waals surface area contributed by atoms with E-state index in [9.17, 15) is 17.6 Å². The maximum atomic E-state index is 14.4. The number of nitrogens with zero attached hydrogens (tertiary/aromatic N) is 3. The van der Waals surface area contributed by atoms with Gasteiger partial charge in [0.1, 0.15) is 5.82 Å². The van der Waals surface area contributed by atoms with Crippen LogP contribution in [0.3, 0.4) is 0 Å². The van der Waals surface area contributed by atoms with Crippen LogP contribution in [0.5, 0.6) is 0 Å². The van der Waals surface area contributed by atoms with E-state index in [1.165, 1.54) is 23.8 Å². The van der Waals surface area contributed by atoms with Gasteiger partial charge >= 0.3 is 0 Å². The Morgan fingerprint density at radius 3 is 2.17 bits per heavy atom. The van der Waals surface area contributed by atoms with Crippen molar-refractivity contribution in [1.29, 1.82) is 0 Å². The Bertz CT molecular complexity index is 1240. The highest BCUT2D eigenvalue weighted by atomic mass is 32.2. The minimum atomic E-state index is -4.01. The SMILES string of the molecule is Cc1ccc(S(=O)(=O)N(CC(=O)N2CCN(Cc3ccccc3)CC2)Cc2ccccc2F)cc1. The molecule has 1 saturated heterocycles. The first kappa shape index (κ1) is 25.0. The largest absolute Gasteiger partial charge is 0.339 e. The van der Waals surface area contributed by atoms with E-state index in [1.807, 2.05) is 25.1 Å². The van der Waals surface area contributed by atoms with Crippen molar-refractivity contribution in [1.82, 2.24) is 14.1 Å². The number of aryl methyl sites for hydroxylation is 1. The van der Waals surface area contributed by atoms with Crippen molar-refractivity contribution in [2.24, 2.45) is 0 Å². The minimum absolute atomic E-state index is 0.0833. The molecule has 3 aromatic carbocycles. The lowest BCUT2D eigenvalue weighted by atomic mass is 10.2. The van der Waals surface area contributed by atoms with Gasteiger partial charge in [-0.2, -0.15) is 4.31 Å². The summed E-state index contributed by atoms with van der Waals surface area (Å²) in [5.74, 6) is -0.782. The lowest BCUT2D eigenvalue weighted by molar-refractivity contribution is -0.133. The van der Waals surface area contributed by atoms with Crippen LogP contribution in [-0.2, 0) is 27.9 Å². The standard InChI is InChI=1S/C27H30FN3O3S/c1-22-11-13-25(14-12-22)35(33,34)31(20-24-9-5-6-10-26(24)28)21-27(32)30-17-15-29(16-18-30)19-23-7-3-2-4-8-23/h2-14H,15-21H2,1H3. The van der Waals surface area contributed by atoms with Crippen LogP contribution in [0.1, 0.15) is 16.7 Å². The summed E-state index contributed by atoms with van der Waals surface area (Å²) in [7, 11) is -4.01. The molecule has 0 bridgehead atoms. The Balaban J connectivity index is 1.47. The van der Waals surface area contributed by atoms with E-state index >= 15 is 0 Å². The van der Waals surface area contributed by atoms with Gasteiger partial charge in [-0.15, -0.1) is 0 Å². The zero-order chi connectivity index (χ0) is 24.8. The monoisotopic (exact) mass is 495 g/mol. The lowest BCUT2D eigenvalue weighted by Gasteiger charge is -2.35. The molecule has 1 aliphatic rings. The van der Waals surface area contributed by atoms with Crippen LogP contribution in [0, 0.1) is 12.7 Å². The molecule has 1 amide bonds. The summed E-state index contributed by atoms with van der Waals surface area (Å²) in [6, 6.07) is 22.7. The smallest absolute Gasteiger partial charge is 0.243 e. The molecule has 8 heteroatoms. The Morgan fingerprint density at radius 1 is 0.886 bits per heavy atom. The molecule has 0 spiro atoms. The summed E-state index contributed by atoms with van der Waals surface area (Å²) in [5.41, 5.74) is 2.37. The Kier molecular flexibility index (Phi) is 7.95. The van der Waals surface area contributed by atoms with Crippen molar-refractivity contribution in [3.8, 4) is 0 Å². The normalized spacial score (nSPS) is 14.9. The number of benzene rings is 3. The van der Waals surface area contributed by atoms with Gasteiger partial charge in [0.05, 0.1) is 11.4 Å². The predicted molar refractivity (Wildman–Crippen MR) is 133 cm³/mol. The molecule has 35 heavy (non-hydrogen) atoms. The second-order valence-electron chi connectivity index (χ2n) is 8.82. The maximum absolute atomic E-state index is 14.4. The number of rotatable bonds is 8. The molecule has 0 atom stereocenters. The topological polar surface area (TPSA) is 60.9 Å². The van der Waals surface area contributed by atoms with Crippen LogP contribution in [0.15, 0.2) is 83.8 Å². The molecule has 184 valence electrons. The van der Waals surface area contributed by atoms with Gasteiger partial charge in [0.25, 0.3) is 0 Å². The van der Waals surface area contributed by atoms with Crippen LogP contribution in [-0.4, -0.2) is 61.2 Å². The molecule has 0 aliphatic carbocycles. The van der Waals surface area contributed by atoms with Crippen LogP contribution in [0.25, 0.3) is 0 Å². The van der Waals surface area contributed by atoms with Gasteiger partial charge in [-0.05, 0) is 30.7 Å². The van der Waals surface area contributed by atoms with E-state index in [1.54, 1.807) is 35.2 Å². The zero-order valence-electron chi connectivity index (χ0n) is 19.8. The average Bonchev–Trinajstić information content (AvgIpc) is 2.86. The van der Waals surface area contributed by atoms with E-state index in [2.05, 4.69) is 17.0 Å². The van der Waals surface area contributed by atoms with Crippen LogP contribution >= 0.6 is 0 Å². The number of hydrogen-bond acceptors (Lipinski definition) is 4. The quantitative estimate of drug-likeness (QED) is 0.479. The molecule has 0 radical (unpaired) electrons. The molecule has 1 fully saturated rings. The van der Waals surface area contributed by atoms with Crippen molar-refractivity contribution in [3.63, 3.8) is 0 Å². The maximum Gasteiger partial charge on any atom is 0.243 e. The third kappa shape index (κ3) is 6.33. The minimum Gasteiger partial charge on any atom is -0.339 e. The Labute approximate surface area is 206 Å². The summed E-state index contributed by atoms with van der Waals surface area (Å²) in [5, 5.41) is 0. The first-order chi connectivity index (χ1) is 16.8. The summed E-state index contributed by atoms with van der Waals surface area (Å²) >= 11 is 0. The number of piperazine rings is 1. The average molecular weight is 496 g/mol. The van der Waals surface area contributed by atoms with Crippen molar-refractivity contribution in [2.45, 2.75) is 24.9 Å². The fourth-order valence-electron chi connectivity index (χ4n) is 4.15. The number of amides is 1. The highest BCUT2D eigenvalue weighted by Crippen LogP contribution is 2.21. The highest BCUT2D eigenvalue weighted by molar-refractivity contribution is 7.89. The Hall–Kier alpha value is -3.07. The lowest BCUT2D eigenvalue weighted by Crippen LogP contribution is -2.51. The molecular formula is C27H30FN3O3S. The summed E-state index contributed by atoms with van der Waals surface area (Å²) in [4.78, 5) is 17.2. The second-order valence-corrected chi connectivity index (χ2v) is 10.8. The number of hydrogen-bond donors (Lipinski definition) is 0. The van der Waals surface area contributed by atoms with E-state index in [0.29, 0.717) is 26.2 Å². The molecule has 0 unspecified atom stereocenters. The van der Waals surface area contributed by atoms with Crippen LogP contribution < -0.4 is 0 Å². The Morgan fingerprint density at radius 2 is 1.51 bits per heavy atom. The fourth-order valence-corrected chi connectivity index (χ4v) is 5.52. The van der Waals surface area contributed by atoms with Gasteiger partial charge in [-0.1, -0.05) is 66.2 Å². The van der Waals surface area contributed by atoms with Crippen LogP contribution in [0.2, 0.25) is 0 Å². The van der Waals surface area contributed by atoms with E-state index < -0.39 is 15.8 Å². The highest BCUT2D eigenvalue weighted by Gasteiger charge is 2.30. The molecular weight excluding hydrogens is 465 g/mol. The molecule has 0 N–H and O–H groups in total. The third-order valence-corrected chi connectivity index (χ3v) is 8.05. The first-order valence-corrected chi connectivity index (χ1v) is 13.1. The molecule has 1 heterocycles. The summed E-state index contributed by atoms with van der Waals surface area (Å²) in [6.07, 6.45) is 0. The van der Waals surface area contributed by atoms with Gasteiger partial charge in [0.15, 0.2) is 0 Å². The van der Waals surface area contributed by atoms with E-state index in [0.717, 1.165) is 16.4 Å². The van der Waals surface area contributed by atoms with Crippen LogP contribution in [0.4, 0.5) is 4.39 Å². The van der Waals surface area contributed by atoms with Crippen molar-refractivity contribution < 1.29 is 17.6 Å². The van der Waals surface area contributed by atoms with Gasteiger partial charge in [-0.3, -0.25) is 9.69 Å². The predicted octanol–water partition coefficient (Wildman–Crippen LogP) is 3.67. The molecule has 0 aromatic heterocycles. The number of carbonyl (C=O) groups is 1. The first-order valence-electron chi connectivity index (χ1n) is 11.7. The molecule has 0 saturated carbocycles. The van der Waals surface area contributed by atoms with Gasteiger partial charge in [0, 0.05) is 44.8 Å². The zero-order valence-corrected chi connectivity index (χ0v) is 20.6. The van der Waals surface area contributed by atoms with E-state index in [4.69, 9.17) is 0 Å². The molecule has 3 aromatic rings. The van der Waals surface area contributed by atoms with Crippen molar-refractivity contribution >= 4 is 15.9 Å².